The van der Waals surface area contributed by atoms with Crippen LogP contribution in [0.25, 0.3) is 11.3 Å². The molecule has 2 unspecified atom stereocenters. The summed E-state index contributed by atoms with van der Waals surface area (Å²) in [5, 5.41) is 27.4. The molecule has 3 heterocycles. The monoisotopic (exact) mass is 381 g/mol. The molecule has 1 aromatic heterocycles. The van der Waals surface area contributed by atoms with Crippen LogP contribution in [0.1, 0.15) is 73.7 Å². The zero-order valence-corrected chi connectivity index (χ0v) is 16.0. The van der Waals surface area contributed by atoms with Gasteiger partial charge < -0.3 is 20.7 Å². The number of phenolic OH excluding ortho intramolecular Hbond substituents is 1. The number of rotatable bonds is 2. The number of nitrogens with zero attached hydrogens (tertiary/aromatic N) is 2. The fraction of sp³-hybridized carbons (Fsp3) is 0.545. The van der Waals surface area contributed by atoms with E-state index in [0.717, 1.165) is 54.5 Å². The minimum Gasteiger partial charge on any atom is -0.507 e. The first-order valence-corrected chi connectivity index (χ1v) is 10.4. The van der Waals surface area contributed by atoms with Gasteiger partial charge in [0.25, 0.3) is 0 Å². The summed E-state index contributed by atoms with van der Waals surface area (Å²) in [7, 11) is 0. The molecule has 2 atom stereocenters. The second kappa shape index (κ2) is 7.01. The second-order valence-corrected chi connectivity index (χ2v) is 8.49. The smallest absolute Gasteiger partial charge is 0.152 e. The molecule has 0 spiro atoms. The summed E-state index contributed by atoms with van der Waals surface area (Å²) >= 11 is 0. The molecule has 148 valence electrons. The Bertz CT molecular complexity index is 893. The summed E-state index contributed by atoms with van der Waals surface area (Å²) in [6, 6.07) is 5.96. The number of aromatic nitrogens is 2. The topological polar surface area (TPSA) is 101 Å². The fourth-order valence-corrected chi connectivity index (χ4v) is 4.38. The van der Waals surface area contributed by atoms with Crippen LogP contribution in [0.4, 0.5) is 5.82 Å². The third kappa shape index (κ3) is 3.25. The Hall–Kier alpha value is -2.18. The molecule has 28 heavy (non-hydrogen) atoms. The van der Waals surface area contributed by atoms with Crippen LogP contribution < -0.4 is 5.73 Å². The molecule has 0 amide bonds. The summed E-state index contributed by atoms with van der Waals surface area (Å²) in [5.74, 6) is 1.36. The van der Waals surface area contributed by atoms with Gasteiger partial charge in [-0.1, -0.05) is 6.07 Å². The molecule has 4 N–H and O–H groups in total. The van der Waals surface area contributed by atoms with Crippen molar-refractivity contribution in [2.24, 2.45) is 0 Å². The van der Waals surface area contributed by atoms with Gasteiger partial charge in [0.05, 0.1) is 18.3 Å². The van der Waals surface area contributed by atoms with Crippen molar-refractivity contribution in [2.45, 2.75) is 75.6 Å². The van der Waals surface area contributed by atoms with Gasteiger partial charge in [-0.05, 0) is 74.1 Å². The van der Waals surface area contributed by atoms with Gasteiger partial charge in [-0.2, -0.15) is 0 Å². The number of aromatic hydroxyl groups is 1. The van der Waals surface area contributed by atoms with E-state index in [1.54, 1.807) is 0 Å². The van der Waals surface area contributed by atoms with E-state index < -0.39 is 0 Å². The predicted octanol–water partition coefficient (Wildman–Crippen LogP) is 3.62. The predicted molar refractivity (Wildman–Crippen MR) is 106 cm³/mol. The first-order valence-electron chi connectivity index (χ1n) is 10.4. The van der Waals surface area contributed by atoms with E-state index in [1.807, 2.05) is 12.1 Å². The highest BCUT2D eigenvalue weighted by atomic mass is 16.5. The highest BCUT2D eigenvalue weighted by Crippen LogP contribution is 2.47. The number of nitrogens with two attached hydrogens (primary N) is 1. The van der Waals surface area contributed by atoms with Gasteiger partial charge in [0.1, 0.15) is 11.4 Å². The van der Waals surface area contributed by atoms with Crippen LogP contribution in [0, 0.1) is 0 Å². The zero-order chi connectivity index (χ0) is 19.3. The van der Waals surface area contributed by atoms with Crippen LogP contribution >= 0.6 is 0 Å². The van der Waals surface area contributed by atoms with Crippen LogP contribution in [0.15, 0.2) is 18.2 Å². The summed E-state index contributed by atoms with van der Waals surface area (Å²) in [6.45, 7) is 0. The molecule has 2 bridgehead atoms. The molecule has 4 aliphatic rings. The number of phenols is 1. The van der Waals surface area contributed by atoms with Crippen LogP contribution in [0.5, 0.6) is 5.75 Å². The molecule has 6 rings (SSSR count). The minimum absolute atomic E-state index is 0.0332. The zero-order valence-electron chi connectivity index (χ0n) is 16.0. The highest BCUT2D eigenvalue weighted by Gasteiger charge is 2.38. The van der Waals surface area contributed by atoms with E-state index in [0.29, 0.717) is 11.7 Å². The lowest BCUT2D eigenvalue weighted by molar-refractivity contribution is 0.0326. The van der Waals surface area contributed by atoms with Crippen molar-refractivity contribution < 1.29 is 14.9 Å². The van der Waals surface area contributed by atoms with Crippen LogP contribution in [0.3, 0.4) is 0 Å². The van der Waals surface area contributed by atoms with Gasteiger partial charge in [-0.3, -0.25) is 0 Å². The van der Waals surface area contributed by atoms with Gasteiger partial charge in [0, 0.05) is 17.5 Å². The SMILES string of the molecule is Nc1nnc(-c2ccc(C3CC3)cc2O)c2c1C1CCC(C2)O1.OC1CCC1. The Morgan fingerprint density at radius 3 is 2.46 bits per heavy atom. The number of anilines is 1. The maximum Gasteiger partial charge on any atom is 0.152 e. The van der Waals surface area contributed by atoms with Crippen LogP contribution in [-0.2, 0) is 11.2 Å². The van der Waals surface area contributed by atoms with E-state index in [4.69, 9.17) is 15.6 Å². The molecule has 1 aromatic carbocycles. The van der Waals surface area contributed by atoms with Crippen molar-refractivity contribution >= 4 is 5.82 Å². The molecule has 1 saturated heterocycles. The number of nitrogen functional groups attached to an aromatic ring is 1. The van der Waals surface area contributed by atoms with Gasteiger partial charge in [-0.15, -0.1) is 10.2 Å². The molecule has 2 aromatic rings. The molecular weight excluding hydrogens is 354 g/mol. The van der Waals surface area contributed by atoms with E-state index in [-0.39, 0.29) is 24.1 Å². The lowest BCUT2D eigenvalue weighted by Gasteiger charge is -2.26. The van der Waals surface area contributed by atoms with Crippen molar-refractivity contribution in [1.29, 1.82) is 0 Å². The first-order chi connectivity index (χ1) is 13.6. The second-order valence-electron chi connectivity index (χ2n) is 8.49. The molecular formula is C22H27N3O3. The van der Waals surface area contributed by atoms with Crippen molar-refractivity contribution in [2.75, 3.05) is 5.73 Å². The number of ether oxygens (including phenoxy) is 1. The van der Waals surface area contributed by atoms with Gasteiger partial charge in [0.2, 0.25) is 0 Å². The summed E-state index contributed by atoms with van der Waals surface area (Å²) < 4.78 is 5.97. The lowest BCUT2D eigenvalue weighted by atomic mass is 9.93. The van der Waals surface area contributed by atoms with E-state index in [9.17, 15) is 5.11 Å². The van der Waals surface area contributed by atoms with Crippen LogP contribution in [-0.4, -0.2) is 32.6 Å². The Morgan fingerprint density at radius 2 is 1.82 bits per heavy atom. The molecule has 2 saturated carbocycles. The maximum atomic E-state index is 10.5. The Morgan fingerprint density at radius 1 is 1.04 bits per heavy atom. The lowest BCUT2D eigenvalue weighted by Crippen LogP contribution is -2.21. The average molecular weight is 381 g/mol. The Balaban J connectivity index is 0.000000300. The number of hydrogen-bond donors (Lipinski definition) is 3. The molecule has 0 radical (unpaired) electrons. The third-order valence-corrected chi connectivity index (χ3v) is 6.41. The van der Waals surface area contributed by atoms with Crippen molar-refractivity contribution in [3.63, 3.8) is 0 Å². The Labute approximate surface area is 164 Å². The molecule has 3 fully saturated rings. The summed E-state index contributed by atoms with van der Waals surface area (Å²) in [5.41, 5.74) is 10.9. The van der Waals surface area contributed by atoms with Crippen molar-refractivity contribution in [3.8, 4) is 17.0 Å². The fourth-order valence-electron chi connectivity index (χ4n) is 4.38. The quantitative estimate of drug-likeness (QED) is 0.734. The van der Waals surface area contributed by atoms with Gasteiger partial charge >= 0.3 is 0 Å². The number of benzene rings is 1. The number of hydrogen-bond acceptors (Lipinski definition) is 6. The van der Waals surface area contributed by atoms with Crippen molar-refractivity contribution in [3.05, 3.63) is 34.9 Å². The number of fused-ring (bicyclic) bond motifs is 4. The van der Waals surface area contributed by atoms with E-state index in [2.05, 4.69) is 16.3 Å². The average Bonchev–Trinajstić information content (AvgIpc) is 3.45. The third-order valence-electron chi connectivity index (χ3n) is 6.41. The summed E-state index contributed by atoms with van der Waals surface area (Å²) in [4.78, 5) is 0. The highest BCUT2D eigenvalue weighted by molar-refractivity contribution is 5.73. The van der Waals surface area contributed by atoms with Gasteiger partial charge in [0.15, 0.2) is 5.82 Å². The molecule has 2 aliphatic heterocycles. The normalized spacial score (nSPS) is 25.5. The molecule has 6 nitrogen and oxygen atoms in total. The van der Waals surface area contributed by atoms with E-state index >= 15 is 0 Å². The number of aliphatic hydroxyl groups excluding tert-OH is 1. The number of aliphatic hydroxyl groups is 1. The van der Waals surface area contributed by atoms with Gasteiger partial charge in [-0.25, -0.2) is 0 Å². The van der Waals surface area contributed by atoms with Crippen molar-refractivity contribution in [1.82, 2.24) is 10.2 Å². The Kier molecular flexibility index (Phi) is 4.48. The molecule has 2 aliphatic carbocycles. The van der Waals surface area contributed by atoms with E-state index in [1.165, 1.54) is 24.8 Å². The standard InChI is InChI=1S/C18H19N3O2.C4H8O/c19-18-16-13(8-11-4-6-15(16)23-11)17(20-21-18)12-5-3-10(7-14(12)22)9-1-2-9;5-4-2-1-3-4/h3,5,7,9,11,15,22H,1-2,4,6,8H2,(H2,19,21);4-5H,1-3H2. The largest absolute Gasteiger partial charge is 0.507 e. The minimum atomic E-state index is 0.0332. The summed E-state index contributed by atoms with van der Waals surface area (Å²) in [6.07, 6.45) is 8.92. The first kappa shape index (κ1) is 17.9. The molecule has 6 heteroatoms. The maximum absolute atomic E-state index is 10.5. The van der Waals surface area contributed by atoms with Crippen LogP contribution in [0.2, 0.25) is 0 Å².